The molecule has 0 fully saturated rings. The van der Waals surface area contributed by atoms with Crippen LogP contribution >= 0.6 is 0 Å². The molecule has 0 aliphatic rings. The highest BCUT2D eigenvalue weighted by atomic mass is 19.2. The standard InChI is InChI=1S/C11H13F3O/c1-11(2,3)15-6-7-4-9(13)10(14)5-8(7)12/h4-5H,6H2,1-3H3. The average molecular weight is 218 g/mol. The molecule has 0 saturated carbocycles. The van der Waals surface area contributed by atoms with Gasteiger partial charge in [0.1, 0.15) is 5.82 Å². The van der Waals surface area contributed by atoms with Crippen molar-refractivity contribution in [2.75, 3.05) is 0 Å². The maximum atomic E-state index is 13.1. The molecule has 0 aromatic heterocycles. The van der Waals surface area contributed by atoms with Crippen molar-refractivity contribution in [3.63, 3.8) is 0 Å². The van der Waals surface area contributed by atoms with Crippen LogP contribution < -0.4 is 0 Å². The molecule has 0 unspecified atom stereocenters. The Morgan fingerprint density at radius 3 is 2.07 bits per heavy atom. The summed E-state index contributed by atoms with van der Waals surface area (Å²) in [6, 6.07) is 1.34. The zero-order chi connectivity index (χ0) is 11.6. The fraction of sp³-hybridized carbons (Fsp3) is 0.455. The van der Waals surface area contributed by atoms with E-state index in [1.165, 1.54) is 0 Å². The van der Waals surface area contributed by atoms with Gasteiger partial charge in [0.05, 0.1) is 12.2 Å². The van der Waals surface area contributed by atoms with Crippen LogP contribution in [0.1, 0.15) is 26.3 Å². The van der Waals surface area contributed by atoms with Gasteiger partial charge in [0, 0.05) is 11.6 Å². The molecule has 15 heavy (non-hydrogen) atoms. The fourth-order valence-corrected chi connectivity index (χ4v) is 0.969. The lowest BCUT2D eigenvalue weighted by Gasteiger charge is -2.19. The van der Waals surface area contributed by atoms with Crippen LogP contribution in [0.2, 0.25) is 0 Å². The molecule has 4 heteroatoms. The Hall–Kier alpha value is -1.03. The maximum Gasteiger partial charge on any atom is 0.161 e. The van der Waals surface area contributed by atoms with E-state index in [4.69, 9.17) is 4.74 Å². The lowest BCUT2D eigenvalue weighted by Crippen LogP contribution is -2.19. The van der Waals surface area contributed by atoms with Gasteiger partial charge in [0.15, 0.2) is 11.6 Å². The van der Waals surface area contributed by atoms with E-state index in [2.05, 4.69) is 0 Å². The summed E-state index contributed by atoms with van der Waals surface area (Å²) >= 11 is 0. The molecule has 0 aliphatic carbocycles. The predicted molar refractivity (Wildman–Crippen MR) is 50.9 cm³/mol. The quantitative estimate of drug-likeness (QED) is 0.691. The third kappa shape index (κ3) is 3.55. The molecule has 1 nitrogen and oxygen atoms in total. The van der Waals surface area contributed by atoms with Crippen LogP contribution in [0.25, 0.3) is 0 Å². The molecule has 0 atom stereocenters. The first kappa shape index (κ1) is 12.0. The Balaban J connectivity index is 2.82. The Morgan fingerprint density at radius 2 is 1.53 bits per heavy atom. The largest absolute Gasteiger partial charge is 0.371 e. The summed E-state index contributed by atoms with van der Waals surface area (Å²) in [5.41, 5.74) is -0.430. The lowest BCUT2D eigenvalue weighted by molar-refractivity contribution is -0.0162. The van der Waals surface area contributed by atoms with Gasteiger partial charge in [-0.25, -0.2) is 13.2 Å². The summed E-state index contributed by atoms with van der Waals surface area (Å²) in [5.74, 6) is -3.05. The first-order valence-electron chi connectivity index (χ1n) is 4.57. The SMILES string of the molecule is CC(C)(C)OCc1cc(F)c(F)cc1F. The second-order valence-corrected chi connectivity index (χ2v) is 4.26. The summed E-state index contributed by atoms with van der Waals surface area (Å²) in [4.78, 5) is 0. The van der Waals surface area contributed by atoms with E-state index in [0.29, 0.717) is 6.07 Å². The van der Waals surface area contributed by atoms with Crippen molar-refractivity contribution in [1.82, 2.24) is 0 Å². The fourth-order valence-electron chi connectivity index (χ4n) is 0.969. The minimum absolute atomic E-state index is 0.0174. The van der Waals surface area contributed by atoms with Crippen molar-refractivity contribution >= 4 is 0 Å². The van der Waals surface area contributed by atoms with Crippen LogP contribution in [-0.2, 0) is 11.3 Å². The van der Waals surface area contributed by atoms with Crippen molar-refractivity contribution in [3.05, 3.63) is 35.1 Å². The predicted octanol–water partition coefficient (Wildman–Crippen LogP) is 3.42. The van der Waals surface area contributed by atoms with Crippen molar-refractivity contribution in [1.29, 1.82) is 0 Å². The zero-order valence-electron chi connectivity index (χ0n) is 8.90. The molecule has 84 valence electrons. The van der Waals surface area contributed by atoms with Gasteiger partial charge in [-0.05, 0) is 26.8 Å². The Kier molecular flexibility index (Phi) is 3.39. The highest BCUT2D eigenvalue weighted by molar-refractivity contribution is 5.19. The van der Waals surface area contributed by atoms with Gasteiger partial charge in [-0.2, -0.15) is 0 Å². The normalized spacial score (nSPS) is 11.9. The van der Waals surface area contributed by atoms with Crippen molar-refractivity contribution in [3.8, 4) is 0 Å². The minimum atomic E-state index is -1.19. The molecule has 0 bridgehead atoms. The van der Waals surface area contributed by atoms with E-state index in [-0.39, 0.29) is 12.2 Å². The molecule has 0 aliphatic heterocycles. The monoisotopic (exact) mass is 218 g/mol. The molecule has 0 radical (unpaired) electrons. The summed E-state index contributed by atoms with van der Waals surface area (Å²) in [7, 11) is 0. The van der Waals surface area contributed by atoms with Crippen molar-refractivity contribution in [2.24, 2.45) is 0 Å². The first-order valence-corrected chi connectivity index (χ1v) is 4.57. The molecule has 1 rings (SSSR count). The van der Waals surface area contributed by atoms with Crippen LogP contribution in [0.3, 0.4) is 0 Å². The van der Waals surface area contributed by atoms with Crippen molar-refractivity contribution in [2.45, 2.75) is 33.0 Å². The van der Waals surface area contributed by atoms with E-state index in [0.717, 1.165) is 6.07 Å². The van der Waals surface area contributed by atoms with Gasteiger partial charge < -0.3 is 4.74 Å². The molecule has 0 N–H and O–H groups in total. The van der Waals surface area contributed by atoms with Crippen molar-refractivity contribution < 1.29 is 17.9 Å². The minimum Gasteiger partial charge on any atom is -0.371 e. The Labute approximate surface area is 86.9 Å². The van der Waals surface area contributed by atoms with Gasteiger partial charge in [-0.15, -0.1) is 0 Å². The molecule has 0 saturated heterocycles. The van der Waals surface area contributed by atoms with Gasteiger partial charge in [-0.3, -0.25) is 0 Å². The van der Waals surface area contributed by atoms with E-state index in [1.54, 1.807) is 20.8 Å². The van der Waals surface area contributed by atoms with Gasteiger partial charge in [0.2, 0.25) is 0 Å². The number of hydrogen-bond donors (Lipinski definition) is 0. The molecule has 1 aromatic rings. The first-order chi connectivity index (χ1) is 6.79. The van der Waals surface area contributed by atoms with E-state index >= 15 is 0 Å². The number of rotatable bonds is 2. The summed E-state index contributed by atoms with van der Waals surface area (Å²) in [6.07, 6.45) is 0. The third-order valence-corrected chi connectivity index (χ3v) is 1.75. The lowest BCUT2D eigenvalue weighted by atomic mass is 10.1. The van der Waals surface area contributed by atoms with E-state index < -0.39 is 23.1 Å². The topological polar surface area (TPSA) is 9.23 Å². The van der Waals surface area contributed by atoms with Gasteiger partial charge >= 0.3 is 0 Å². The van der Waals surface area contributed by atoms with E-state index in [9.17, 15) is 13.2 Å². The number of halogens is 3. The second-order valence-electron chi connectivity index (χ2n) is 4.26. The molecule has 1 aromatic carbocycles. The third-order valence-electron chi connectivity index (χ3n) is 1.75. The van der Waals surface area contributed by atoms with Crippen LogP contribution in [0.5, 0.6) is 0 Å². The summed E-state index contributed by atoms with van der Waals surface area (Å²) < 4.78 is 43.7. The highest BCUT2D eigenvalue weighted by Crippen LogP contribution is 2.17. The Morgan fingerprint density at radius 1 is 1.00 bits per heavy atom. The summed E-state index contributed by atoms with van der Waals surface area (Å²) in [6.45, 7) is 5.31. The summed E-state index contributed by atoms with van der Waals surface area (Å²) in [5, 5.41) is 0. The van der Waals surface area contributed by atoms with Gasteiger partial charge in [-0.1, -0.05) is 0 Å². The van der Waals surface area contributed by atoms with Crippen LogP contribution in [0.4, 0.5) is 13.2 Å². The second kappa shape index (κ2) is 4.23. The number of hydrogen-bond acceptors (Lipinski definition) is 1. The number of ether oxygens (including phenoxy) is 1. The highest BCUT2D eigenvalue weighted by Gasteiger charge is 2.14. The Bertz CT molecular complexity index is 356. The molecule has 0 amide bonds. The molecule has 0 spiro atoms. The average Bonchev–Trinajstić information content (AvgIpc) is 2.07. The van der Waals surface area contributed by atoms with Crippen LogP contribution in [0.15, 0.2) is 12.1 Å². The zero-order valence-corrected chi connectivity index (χ0v) is 8.90. The van der Waals surface area contributed by atoms with Crippen LogP contribution in [0, 0.1) is 17.5 Å². The molecular weight excluding hydrogens is 205 g/mol. The molecular formula is C11H13F3O. The maximum absolute atomic E-state index is 13.1. The van der Waals surface area contributed by atoms with Crippen LogP contribution in [-0.4, -0.2) is 5.60 Å². The molecule has 0 heterocycles. The number of benzene rings is 1. The smallest absolute Gasteiger partial charge is 0.161 e. The van der Waals surface area contributed by atoms with Gasteiger partial charge in [0.25, 0.3) is 0 Å². The van der Waals surface area contributed by atoms with E-state index in [1.807, 2.05) is 0 Å².